The van der Waals surface area contributed by atoms with E-state index in [1.165, 1.54) is 5.57 Å². The predicted molar refractivity (Wildman–Crippen MR) is 80.5 cm³/mol. The highest BCUT2D eigenvalue weighted by Gasteiger charge is 2.22. The standard InChI is InChI=1S/C17H21NO2/c1-2-9-18-17(14-7-5-10-19-12-14)16-11-13-6-3-4-8-15(13)20-16/h3-4,6,8,11-12,17-18H,2,5,7,9-10H2,1H3. The second-order valence-electron chi connectivity index (χ2n) is 5.24. The summed E-state index contributed by atoms with van der Waals surface area (Å²) >= 11 is 0. The lowest BCUT2D eigenvalue weighted by atomic mass is 9.99. The van der Waals surface area contributed by atoms with Gasteiger partial charge in [-0.05, 0) is 43.5 Å². The van der Waals surface area contributed by atoms with Crippen LogP contribution in [0.15, 0.2) is 46.6 Å². The molecule has 0 aliphatic carbocycles. The molecule has 0 fully saturated rings. The molecule has 1 atom stereocenters. The third-order valence-corrected chi connectivity index (χ3v) is 3.66. The van der Waals surface area contributed by atoms with Crippen LogP contribution in [0.4, 0.5) is 0 Å². The maximum Gasteiger partial charge on any atom is 0.134 e. The number of hydrogen-bond acceptors (Lipinski definition) is 3. The largest absolute Gasteiger partial charge is 0.501 e. The summed E-state index contributed by atoms with van der Waals surface area (Å²) in [4.78, 5) is 0. The van der Waals surface area contributed by atoms with Gasteiger partial charge in [0.25, 0.3) is 0 Å². The molecule has 20 heavy (non-hydrogen) atoms. The number of hydrogen-bond donors (Lipinski definition) is 1. The van der Waals surface area contributed by atoms with E-state index in [0.29, 0.717) is 0 Å². The third kappa shape index (κ3) is 2.73. The highest BCUT2D eigenvalue weighted by atomic mass is 16.5. The lowest BCUT2D eigenvalue weighted by Crippen LogP contribution is -2.25. The molecule has 106 valence electrons. The first-order valence-corrected chi connectivity index (χ1v) is 7.41. The summed E-state index contributed by atoms with van der Waals surface area (Å²) in [6.45, 7) is 3.97. The van der Waals surface area contributed by atoms with Gasteiger partial charge in [0, 0.05) is 5.39 Å². The van der Waals surface area contributed by atoms with Crippen LogP contribution >= 0.6 is 0 Å². The Labute approximate surface area is 119 Å². The maximum absolute atomic E-state index is 6.02. The molecule has 0 saturated heterocycles. The summed E-state index contributed by atoms with van der Waals surface area (Å²) in [5.74, 6) is 0.983. The summed E-state index contributed by atoms with van der Waals surface area (Å²) in [6.07, 6.45) is 5.16. The molecule has 0 bridgehead atoms. The van der Waals surface area contributed by atoms with Crippen molar-refractivity contribution in [3.05, 3.63) is 47.9 Å². The highest BCUT2D eigenvalue weighted by Crippen LogP contribution is 2.31. The first-order valence-electron chi connectivity index (χ1n) is 7.41. The van der Waals surface area contributed by atoms with Crippen molar-refractivity contribution in [1.29, 1.82) is 0 Å². The molecule has 0 spiro atoms. The molecule has 1 N–H and O–H groups in total. The molecule has 3 rings (SSSR count). The molecule has 0 saturated carbocycles. The SMILES string of the molecule is CCCNC(C1=COCCC1)c1cc2ccccc2o1. The van der Waals surface area contributed by atoms with Gasteiger partial charge in [0.1, 0.15) is 11.3 Å². The van der Waals surface area contributed by atoms with E-state index in [-0.39, 0.29) is 6.04 Å². The van der Waals surface area contributed by atoms with Gasteiger partial charge >= 0.3 is 0 Å². The van der Waals surface area contributed by atoms with E-state index in [2.05, 4.69) is 24.4 Å². The Kier molecular flexibility index (Phi) is 4.07. The molecule has 0 radical (unpaired) electrons. The van der Waals surface area contributed by atoms with Crippen LogP contribution in [0.2, 0.25) is 0 Å². The molecule has 1 aliphatic heterocycles. The molecule has 0 amide bonds. The molecular weight excluding hydrogens is 250 g/mol. The normalized spacial score (nSPS) is 16.8. The summed E-state index contributed by atoms with van der Waals surface area (Å²) in [5.41, 5.74) is 2.23. The number of benzene rings is 1. The maximum atomic E-state index is 6.02. The molecule has 2 aromatic rings. The van der Waals surface area contributed by atoms with Crippen LogP contribution in [-0.4, -0.2) is 13.2 Å². The minimum absolute atomic E-state index is 0.127. The van der Waals surface area contributed by atoms with Gasteiger partial charge in [-0.15, -0.1) is 0 Å². The molecule has 1 aromatic carbocycles. The van der Waals surface area contributed by atoms with Gasteiger partial charge in [0.15, 0.2) is 0 Å². The van der Waals surface area contributed by atoms with Gasteiger partial charge in [-0.25, -0.2) is 0 Å². The zero-order chi connectivity index (χ0) is 13.8. The van der Waals surface area contributed by atoms with Crippen LogP contribution in [0.25, 0.3) is 11.0 Å². The van der Waals surface area contributed by atoms with Crippen LogP contribution in [0.3, 0.4) is 0 Å². The van der Waals surface area contributed by atoms with Crippen molar-refractivity contribution in [2.24, 2.45) is 0 Å². The van der Waals surface area contributed by atoms with Crippen molar-refractivity contribution < 1.29 is 9.15 Å². The fraction of sp³-hybridized carbons (Fsp3) is 0.412. The van der Waals surface area contributed by atoms with Crippen molar-refractivity contribution in [3.63, 3.8) is 0 Å². The summed E-state index contributed by atoms with van der Waals surface area (Å²) < 4.78 is 11.5. The summed E-state index contributed by atoms with van der Waals surface area (Å²) in [5, 5.41) is 4.73. The smallest absolute Gasteiger partial charge is 0.134 e. The number of para-hydroxylation sites is 1. The van der Waals surface area contributed by atoms with Crippen LogP contribution in [0.1, 0.15) is 38.0 Å². The molecule has 3 heteroatoms. The van der Waals surface area contributed by atoms with Gasteiger partial charge in [-0.2, -0.15) is 0 Å². The van der Waals surface area contributed by atoms with Gasteiger partial charge in [0.2, 0.25) is 0 Å². The molecule has 3 nitrogen and oxygen atoms in total. The van der Waals surface area contributed by atoms with E-state index in [9.17, 15) is 0 Å². The van der Waals surface area contributed by atoms with E-state index >= 15 is 0 Å². The van der Waals surface area contributed by atoms with E-state index in [0.717, 1.165) is 49.1 Å². The van der Waals surface area contributed by atoms with Crippen LogP contribution < -0.4 is 5.32 Å². The van der Waals surface area contributed by atoms with Gasteiger partial charge < -0.3 is 14.5 Å². The first kappa shape index (κ1) is 13.3. The van der Waals surface area contributed by atoms with Crippen molar-refractivity contribution in [1.82, 2.24) is 5.32 Å². The average Bonchev–Trinajstić information content (AvgIpc) is 2.92. The number of rotatable bonds is 5. The van der Waals surface area contributed by atoms with E-state index in [1.807, 2.05) is 24.5 Å². The lowest BCUT2D eigenvalue weighted by Gasteiger charge is -2.22. The number of nitrogens with one attached hydrogen (secondary N) is 1. The van der Waals surface area contributed by atoms with Gasteiger partial charge in [0.05, 0.1) is 18.9 Å². The van der Waals surface area contributed by atoms with Gasteiger partial charge in [-0.1, -0.05) is 25.1 Å². The Morgan fingerprint density at radius 2 is 2.20 bits per heavy atom. The second-order valence-corrected chi connectivity index (χ2v) is 5.24. The predicted octanol–water partition coefficient (Wildman–Crippen LogP) is 4.17. The molecule has 2 heterocycles. The zero-order valence-electron chi connectivity index (χ0n) is 11.9. The number of ether oxygens (including phenoxy) is 1. The fourth-order valence-corrected chi connectivity index (χ4v) is 2.64. The lowest BCUT2D eigenvalue weighted by molar-refractivity contribution is 0.218. The Hall–Kier alpha value is -1.74. The molecular formula is C17H21NO2. The molecule has 1 aliphatic rings. The highest BCUT2D eigenvalue weighted by molar-refractivity contribution is 5.77. The number of furan rings is 1. The van der Waals surface area contributed by atoms with E-state index in [4.69, 9.17) is 9.15 Å². The topological polar surface area (TPSA) is 34.4 Å². The fourth-order valence-electron chi connectivity index (χ4n) is 2.64. The quantitative estimate of drug-likeness (QED) is 0.886. The van der Waals surface area contributed by atoms with Crippen LogP contribution in [0, 0.1) is 0 Å². The van der Waals surface area contributed by atoms with Crippen molar-refractivity contribution in [2.45, 2.75) is 32.2 Å². The van der Waals surface area contributed by atoms with Crippen molar-refractivity contribution >= 4 is 11.0 Å². The third-order valence-electron chi connectivity index (χ3n) is 3.66. The Morgan fingerprint density at radius 3 is 2.95 bits per heavy atom. The van der Waals surface area contributed by atoms with Crippen LogP contribution in [-0.2, 0) is 4.74 Å². The molecule has 1 aromatic heterocycles. The summed E-state index contributed by atoms with van der Waals surface area (Å²) in [7, 11) is 0. The molecule has 1 unspecified atom stereocenters. The Balaban J connectivity index is 1.92. The first-order chi connectivity index (χ1) is 9.88. The van der Waals surface area contributed by atoms with Gasteiger partial charge in [-0.3, -0.25) is 0 Å². The van der Waals surface area contributed by atoms with E-state index < -0.39 is 0 Å². The average molecular weight is 271 g/mol. The monoisotopic (exact) mass is 271 g/mol. The second kappa shape index (κ2) is 6.14. The van der Waals surface area contributed by atoms with E-state index in [1.54, 1.807) is 0 Å². The Bertz CT molecular complexity index is 567. The minimum atomic E-state index is 0.127. The number of fused-ring (bicyclic) bond motifs is 1. The minimum Gasteiger partial charge on any atom is -0.501 e. The van der Waals surface area contributed by atoms with Crippen molar-refractivity contribution in [2.75, 3.05) is 13.2 Å². The van der Waals surface area contributed by atoms with Crippen LogP contribution in [0.5, 0.6) is 0 Å². The Morgan fingerprint density at radius 1 is 1.30 bits per heavy atom. The van der Waals surface area contributed by atoms with Crippen molar-refractivity contribution in [3.8, 4) is 0 Å². The summed E-state index contributed by atoms with van der Waals surface area (Å²) in [6, 6.07) is 10.4. The zero-order valence-corrected chi connectivity index (χ0v) is 11.9.